The zero-order valence-electron chi connectivity index (χ0n) is 19.0. The lowest BCUT2D eigenvalue weighted by molar-refractivity contribution is -0.0504. The number of nitrogens with one attached hydrogen (secondary N) is 2. The van der Waals surface area contributed by atoms with E-state index in [0.717, 1.165) is 43.1 Å². The number of anilines is 1. The van der Waals surface area contributed by atoms with Crippen molar-refractivity contribution in [2.24, 2.45) is 4.99 Å². The molecule has 33 heavy (non-hydrogen) atoms. The molecule has 1 fully saturated rings. The first kappa shape index (κ1) is 26.7. The number of ether oxygens (including phenoxy) is 3. The lowest BCUT2D eigenvalue weighted by Crippen LogP contribution is -2.48. The Balaban J connectivity index is 0.00000385. The lowest BCUT2D eigenvalue weighted by atomic mass is 10.0. The van der Waals surface area contributed by atoms with Gasteiger partial charge in [-0.05, 0) is 18.9 Å². The second-order valence-electron chi connectivity index (χ2n) is 7.39. The number of benzene rings is 2. The van der Waals surface area contributed by atoms with Gasteiger partial charge in [-0.15, -0.1) is 24.0 Å². The topological polar surface area (TPSA) is 67.4 Å². The second kappa shape index (κ2) is 13.3. The van der Waals surface area contributed by atoms with Crippen LogP contribution in [0.1, 0.15) is 18.4 Å². The molecular formula is C23H31F2IN4O3. The van der Waals surface area contributed by atoms with Gasteiger partial charge >= 0.3 is 6.61 Å². The third kappa shape index (κ3) is 7.79. The van der Waals surface area contributed by atoms with Crippen LogP contribution in [0.2, 0.25) is 0 Å². The minimum Gasteiger partial charge on any atom is -0.497 e. The molecule has 0 aromatic heterocycles. The largest absolute Gasteiger partial charge is 0.497 e. The zero-order chi connectivity index (χ0) is 22.9. The van der Waals surface area contributed by atoms with Crippen LogP contribution in [0.25, 0.3) is 0 Å². The summed E-state index contributed by atoms with van der Waals surface area (Å²) in [4.78, 5) is 6.57. The third-order valence-electron chi connectivity index (χ3n) is 5.40. The number of guanidine groups is 1. The number of para-hydroxylation sites is 1. The van der Waals surface area contributed by atoms with Gasteiger partial charge in [-0.3, -0.25) is 4.99 Å². The summed E-state index contributed by atoms with van der Waals surface area (Å²) in [5.74, 6) is 2.31. The number of rotatable bonds is 8. The van der Waals surface area contributed by atoms with Crippen LogP contribution in [0.5, 0.6) is 17.2 Å². The molecule has 1 aliphatic heterocycles. The Bertz CT molecular complexity index is 887. The van der Waals surface area contributed by atoms with Gasteiger partial charge in [0.15, 0.2) is 5.96 Å². The molecule has 10 heteroatoms. The lowest BCUT2D eigenvalue weighted by Gasteiger charge is -2.34. The van der Waals surface area contributed by atoms with Gasteiger partial charge in [0.05, 0.1) is 14.2 Å². The fourth-order valence-electron chi connectivity index (χ4n) is 3.68. The predicted molar refractivity (Wildman–Crippen MR) is 137 cm³/mol. The second-order valence-corrected chi connectivity index (χ2v) is 7.39. The molecule has 0 amide bonds. The molecule has 2 aromatic rings. The Morgan fingerprint density at radius 3 is 2.30 bits per heavy atom. The summed E-state index contributed by atoms with van der Waals surface area (Å²) in [6, 6.07) is 12.9. The first-order valence-electron chi connectivity index (χ1n) is 10.5. The van der Waals surface area contributed by atoms with Crippen molar-refractivity contribution < 1.29 is 23.0 Å². The van der Waals surface area contributed by atoms with Gasteiger partial charge in [0.1, 0.15) is 17.2 Å². The average molecular weight is 576 g/mol. The highest BCUT2D eigenvalue weighted by Gasteiger charge is 2.21. The number of nitrogens with zero attached hydrogens (tertiary/aromatic N) is 2. The molecule has 1 aliphatic rings. The molecule has 2 N–H and O–H groups in total. The summed E-state index contributed by atoms with van der Waals surface area (Å²) in [7, 11) is 4.98. The first-order valence-corrected chi connectivity index (χ1v) is 10.5. The van der Waals surface area contributed by atoms with E-state index in [4.69, 9.17) is 9.47 Å². The molecule has 0 spiro atoms. The van der Waals surface area contributed by atoms with Crippen molar-refractivity contribution in [1.82, 2.24) is 10.6 Å². The van der Waals surface area contributed by atoms with Crippen LogP contribution < -0.4 is 29.7 Å². The Morgan fingerprint density at radius 1 is 1.09 bits per heavy atom. The quantitative estimate of drug-likeness (QED) is 0.278. The molecule has 182 valence electrons. The molecule has 0 saturated carbocycles. The van der Waals surface area contributed by atoms with E-state index in [1.54, 1.807) is 39.5 Å². The van der Waals surface area contributed by atoms with Crippen LogP contribution in [-0.2, 0) is 6.54 Å². The van der Waals surface area contributed by atoms with E-state index >= 15 is 0 Å². The van der Waals surface area contributed by atoms with Crippen molar-refractivity contribution >= 4 is 35.6 Å². The fraction of sp³-hybridized carbons (Fsp3) is 0.435. The SMILES string of the molecule is CN=C(NCc1ccccc1OC(F)F)NC1CCN(c2cc(OC)cc(OC)c2)CC1.I. The van der Waals surface area contributed by atoms with Gasteiger partial charge < -0.3 is 29.7 Å². The molecule has 0 aliphatic carbocycles. The Labute approximate surface area is 210 Å². The molecule has 0 radical (unpaired) electrons. The standard InChI is InChI=1S/C23H30F2N4O3.HI/c1-26-23(27-15-16-6-4-5-7-21(16)32-22(24)25)28-17-8-10-29(11-9-17)18-12-19(30-2)14-20(13-18)31-3;/h4-7,12-14,17,22H,8-11,15H2,1-3H3,(H2,26,27,28);1H. The summed E-state index contributed by atoms with van der Waals surface area (Å²) in [6.07, 6.45) is 1.84. The summed E-state index contributed by atoms with van der Waals surface area (Å²) < 4.78 is 40.6. The molecule has 1 saturated heterocycles. The maximum absolute atomic E-state index is 12.6. The number of halogens is 3. The van der Waals surface area contributed by atoms with Crippen molar-refractivity contribution in [3.8, 4) is 17.2 Å². The van der Waals surface area contributed by atoms with E-state index in [2.05, 4.69) is 25.3 Å². The highest BCUT2D eigenvalue weighted by Crippen LogP contribution is 2.30. The molecule has 7 nitrogen and oxygen atoms in total. The van der Waals surface area contributed by atoms with E-state index in [1.807, 2.05) is 18.2 Å². The molecule has 0 unspecified atom stereocenters. The predicted octanol–water partition coefficient (Wildman–Crippen LogP) is 4.26. The number of hydrogen-bond acceptors (Lipinski definition) is 5. The number of hydrogen-bond donors (Lipinski definition) is 2. The highest BCUT2D eigenvalue weighted by atomic mass is 127. The van der Waals surface area contributed by atoms with E-state index in [1.165, 1.54) is 6.07 Å². The number of alkyl halides is 2. The van der Waals surface area contributed by atoms with Gasteiger partial charge in [-0.25, -0.2) is 0 Å². The monoisotopic (exact) mass is 576 g/mol. The van der Waals surface area contributed by atoms with Crippen LogP contribution in [0.4, 0.5) is 14.5 Å². The zero-order valence-corrected chi connectivity index (χ0v) is 21.3. The van der Waals surface area contributed by atoms with Crippen LogP contribution in [-0.4, -0.2) is 53.0 Å². The number of aliphatic imine (C=N–C) groups is 1. The third-order valence-corrected chi connectivity index (χ3v) is 5.40. The molecular weight excluding hydrogens is 545 g/mol. The van der Waals surface area contributed by atoms with Crippen molar-refractivity contribution in [2.45, 2.75) is 32.0 Å². The normalized spacial score (nSPS) is 14.5. The van der Waals surface area contributed by atoms with Gasteiger partial charge in [0.25, 0.3) is 0 Å². The maximum Gasteiger partial charge on any atom is 0.387 e. The van der Waals surface area contributed by atoms with Crippen molar-refractivity contribution in [1.29, 1.82) is 0 Å². The summed E-state index contributed by atoms with van der Waals surface area (Å²) in [5.41, 5.74) is 1.70. The first-order chi connectivity index (χ1) is 15.5. The Kier molecular flexibility index (Phi) is 10.8. The smallest absolute Gasteiger partial charge is 0.387 e. The Morgan fingerprint density at radius 2 is 1.73 bits per heavy atom. The number of piperidine rings is 1. The fourth-order valence-corrected chi connectivity index (χ4v) is 3.68. The van der Waals surface area contributed by atoms with Gasteiger partial charge in [-0.2, -0.15) is 8.78 Å². The van der Waals surface area contributed by atoms with Crippen LogP contribution in [0.15, 0.2) is 47.5 Å². The van der Waals surface area contributed by atoms with Gasteiger partial charge in [0, 0.05) is 62.2 Å². The van der Waals surface area contributed by atoms with E-state index < -0.39 is 6.61 Å². The molecule has 1 heterocycles. The van der Waals surface area contributed by atoms with E-state index in [9.17, 15) is 8.78 Å². The van der Waals surface area contributed by atoms with Crippen molar-refractivity contribution in [3.63, 3.8) is 0 Å². The van der Waals surface area contributed by atoms with Gasteiger partial charge in [-0.1, -0.05) is 18.2 Å². The van der Waals surface area contributed by atoms with E-state index in [0.29, 0.717) is 18.1 Å². The summed E-state index contributed by atoms with van der Waals surface area (Å²) in [5, 5.41) is 6.61. The average Bonchev–Trinajstić information content (AvgIpc) is 2.82. The summed E-state index contributed by atoms with van der Waals surface area (Å²) in [6.45, 7) is -0.791. The van der Waals surface area contributed by atoms with Crippen LogP contribution in [0, 0.1) is 0 Å². The van der Waals surface area contributed by atoms with Crippen molar-refractivity contribution in [3.05, 3.63) is 48.0 Å². The summed E-state index contributed by atoms with van der Waals surface area (Å²) >= 11 is 0. The maximum atomic E-state index is 12.6. The van der Waals surface area contributed by atoms with Gasteiger partial charge in [0.2, 0.25) is 0 Å². The molecule has 0 atom stereocenters. The van der Waals surface area contributed by atoms with E-state index in [-0.39, 0.29) is 35.8 Å². The van der Waals surface area contributed by atoms with Crippen LogP contribution in [0.3, 0.4) is 0 Å². The minimum atomic E-state index is -2.86. The van der Waals surface area contributed by atoms with Crippen LogP contribution >= 0.6 is 24.0 Å². The highest BCUT2D eigenvalue weighted by molar-refractivity contribution is 14.0. The molecule has 2 aromatic carbocycles. The number of methoxy groups -OCH3 is 2. The van der Waals surface area contributed by atoms with Crippen molar-refractivity contribution in [2.75, 3.05) is 39.3 Å². The molecule has 3 rings (SSSR count). The molecule has 0 bridgehead atoms. The minimum absolute atomic E-state index is 0. The Hall–Kier alpha value is -2.50.